The molecule has 0 aliphatic carbocycles. The quantitative estimate of drug-likeness (QED) is 0.573. The molecule has 9 nitrogen and oxygen atoms in total. The van der Waals surface area contributed by atoms with Crippen LogP contribution in [0, 0.1) is 5.92 Å². The minimum absolute atomic E-state index is 0.149. The first kappa shape index (κ1) is 23.2. The van der Waals surface area contributed by atoms with Gasteiger partial charge >= 0.3 is 18.0 Å². The molecule has 1 aromatic carbocycles. The van der Waals surface area contributed by atoms with Crippen LogP contribution in [0.5, 0.6) is 0 Å². The molecule has 1 aliphatic heterocycles. The Balaban J connectivity index is 2.00. The number of ether oxygens (including phenoxy) is 3. The van der Waals surface area contributed by atoms with E-state index < -0.39 is 35.6 Å². The Labute approximate surface area is 175 Å². The van der Waals surface area contributed by atoms with E-state index in [0.717, 1.165) is 5.56 Å². The predicted octanol–water partition coefficient (Wildman–Crippen LogP) is 2.06. The van der Waals surface area contributed by atoms with Gasteiger partial charge < -0.3 is 24.4 Å². The van der Waals surface area contributed by atoms with E-state index in [1.807, 2.05) is 0 Å². The van der Waals surface area contributed by atoms with Crippen molar-refractivity contribution in [2.45, 2.75) is 45.8 Å². The molecule has 0 bridgehead atoms. The van der Waals surface area contributed by atoms with Gasteiger partial charge in [0.1, 0.15) is 18.2 Å². The molecular formula is C21H28N2O7. The van der Waals surface area contributed by atoms with E-state index in [1.165, 1.54) is 18.9 Å². The number of esters is 2. The number of amides is 2. The molecule has 0 radical (unpaired) electrons. The number of carbonyl (C=O) groups is 4. The molecule has 1 aromatic rings. The first-order chi connectivity index (χ1) is 13.9. The molecule has 1 heterocycles. The van der Waals surface area contributed by atoms with Crippen molar-refractivity contribution >= 4 is 29.6 Å². The van der Waals surface area contributed by atoms with Crippen LogP contribution in [-0.4, -0.2) is 56.3 Å². The lowest BCUT2D eigenvalue weighted by atomic mass is 9.91. The summed E-state index contributed by atoms with van der Waals surface area (Å²) in [6, 6.07) is 4.02. The van der Waals surface area contributed by atoms with E-state index in [-0.39, 0.29) is 12.5 Å². The lowest BCUT2D eigenvalue weighted by Gasteiger charge is -2.31. The summed E-state index contributed by atoms with van der Waals surface area (Å²) < 4.78 is 15.1. The van der Waals surface area contributed by atoms with Crippen LogP contribution in [-0.2, 0) is 30.2 Å². The number of nitrogens with one attached hydrogen (secondary N) is 1. The predicted molar refractivity (Wildman–Crippen MR) is 108 cm³/mol. The minimum Gasteiger partial charge on any atom is -0.465 e. The molecule has 2 amide bonds. The highest BCUT2D eigenvalue weighted by Crippen LogP contribution is 2.31. The fourth-order valence-electron chi connectivity index (χ4n) is 3.05. The third-order valence-electron chi connectivity index (χ3n) is 4.52. The first-order valence-corrected chi connectivity index (χ1v) is 9.58. The zero-order valence-corrected chi connectivity index (χ0v) is 18.1. The lowest BCUT2D eigenvalue weighted by molar-refractivity contribution is -0.148. The minimum atomic E-state index is -0.936. The van der Waals surface area contributed by atoms with E-state index in [1.54, 1.807) is 46.0 Å². The zero-order valence-electron chi connectivity index (χ0n) is 18.1. The van der Waals surface area contributed by atoms with Crippen molar-refractivity contribution in [1.29, 1.82) is 0 Å². The number of rotatable bonds is 5. The van der Waals surface area contributed by atoms with Gasteiger partial charge in [-0.15, -0.1) is 0 Å². The standard InChI is InChI=1S/C21H28N2O7/c1-12(22-20(27)30-21(2,3)4)18(25)29-11-15-10-14-9-13(19(26)28-6)7-8-16(14)23(5)17(15)24/h7-9,12,15H,10-11H2,1-6H3,(H,22,27)/t12-,15?/m0/s1. The van der Waals surface area contributed by atoms with Crippen molar-refractivity contribution < 1.29 is 33.4 Å². The van der Waals surface area contributed by atoms with Gasteiger partial charge in [-0.1, -0.05) is 0 Å². The number of anilines is 1. The van der Waals surface area contributed by atoms with Gasteiger partial charge in [0.2, 0.25) is 5.91 Å². The summed E-state index contributed by atoms with van der Waals surface area (Å²) in [5, 5.41) is 2.40. The van der Waals surface area contributed by atoms with Gasteiger partial charge in [0, 0.05) is 12.7 Å². The highest BCUT2D eigenvalue weighted by Gasteiger charge is 2.33. The molecule has 0 saturated carbocycles. The van der Waals surface area contributed by atoms with Gasteiger partial charge in [-0.3, -0.25) is 4.79 Å². The van der Waals surface area contributed by atoms with Crippen molar-refractivity contribution in [2.24, 2.45) is 5.92 Å². The van der Waals surface area contributed by atoms with E-state index >= 15 is 0 Å². The second-order valence-corrected chi connectivity index (χ2v) is 8.13. The largest absolute Gasteiger partial charge is 0.465 e. The average molecular weight is 420 g/mol. The van der Waals surface area contributed by atoms with Crippen molar-refractivity contribution in [3.63, 3.8) is 0 Å². The number of benzene rings is 1. The number of nitrogens with zero attached hydrogens (tertiary/aromatic N) is 1. The molecule has 1 unspecified atom stereocenters. The van der Waals surface area contributed by atoms with Crippen LogP contribution in [0.25, 0.3) is 0 Å². The Morgan fingerprint density at radius 3 is 2.53 bits per heavy atom. The van der Waals surface area contributed by atoms with Crippen LogP contribution in [0.3, 0.4) is 0 Å². The Morgan fingerprint density at radius 1 is 1.27 bits per heavy atom. The molecule has 1 N–H and O–H groups in total. The third-order valence-corrected chi connectivity index (χ3v) is 4.52. The van der Waals surface area contributed by atoms with Crippen LogP contribution in [0.15, 0.2) is 18.2 Å². The SMILES string of the molecule is COC(=O)c1ccc2c(c1)CC(COC(=O)[C@H](C)NC(=O)OC(C)(C)C)C(=O)N2C. The van der Waals surface area contributed by atoms with Crippen molar-refractivity contribution in [3.05, 3.63) is 29.3 Å². The maximum Gasteiger partial charge on any atom is 0.408 e. The fourth-order valence-corrected chi connectivity index (χ4v) is 3.05. The molecule has 9 heteroatoms. The van der Waals surface area contributed by atoms with E-state index in [0.29, 0.717) is 17.7 Å². The summed E-state index contributed by atoms with van der Waals surface area (Å²) in [7, 11) is 2.92. The monoisotopic (exact) mass is 420 g/mol. The van der Waals surface area contributed by atoms with Gasteiger partial charge in [0.25, 0.3) is 0 Å². The van der Waals surface area contributed by atoms with E-state index in [9.17, 15) is 19.2 Å². The second-order valence-electron chi connectivity index (χ2n) is 8.13. The topological polar surface area (TPSA) is 111 Å². The molecule has 0 aromatic heterocycles. The zero-order chi connectivity index (χ0) is 22.6. The Hall–Kier alpha value is -3.10. The maximum atomic E-state index is 12.6. The van der Waals surface area contributed by atoms with Crippen molar-refractivity contribution in [2.75, 3.05) is 25.7 Å². The van der Waals surface area contributed by atoms with Crippen LogP contribution in [0.4, 0.5) is 10.5 Å². The van der Waals surface area contributed by atoms with Crippen LogP contribution in [0.1, 0.15) is 43.6 Å². The Morgan fingerprint density at radius 2 is 1.93 bits per heavy atom. The molecule has 0 saturated heterocycles. The van der Waals surface area contributed by atoms with Crippen molar-refractivity contribution in [3.8, 4) is 0 Å². The average Bonchev–Trinajstić information content (AvgIpc) is 2.66. The number of alkyl carbamates (subject to hydrolysis) is 1. The Kier molecular flexibility index (Phi) is 7.07. The summed E-state index contributed by atoms with van der Waals surface area (Å²) in [6.45, 7) is 6.46. The van der Waals surface area contributed by atoms with Crippen LogP contribution in [0.2, 0.25) is 0 Å². The summed E-state index contributed by atoms with van der Waals surface area (Å²) in [5.41, 5.74) is 1.16. The van der Waals surface area contributed by atoms with Gasteiger partial charge in [0.15, 0.2) is 0 Å². The lowest BCUT2D eigenvalue weighted by Crippen LogP contribution is -2.44. The molecular weight excluding hydrogens is 392 g/mol. The molecule has 2 atom stereocenters. The van der Waals surface area contributed by atoms with Crippen LogP contribution >= 0.6 is 0 Å². The van der Waals surface area contributed by atoms with Gasteiger partial charge in [-0.25, -0.2) is 14.4 Å². The molecule has 0 fully saturated rings. The smallest absolute Gasteiger partial charge is 0.408 e. The molecule has 1 aliphatic rings. The Bertz CT molecular complexity index is 844. The normalized spacial score (nSPS) is 16.9. The van der Waals surface area contributed by atoms with Crippen LogP contribution < -0.4 is 10.2 Å². The highest BCUT2D eigenvalue weighted by molar-refractivity contribution is 5.99. The first-order valence-electron chi connectivity index (χ1n) is 9.58. The van der Waals surface area contributed by atoms with Gasteiger partial charge in [0.05, 0.1) is 18.6 Å². The summed E-state index contributed by atoms with van der Waals surface area (Å²) in [6.07, 6.45) is -0.422. The fraction of sp³-hybridized carbons (Fsp3) is 0.524. The highest BCUT2D eigenvalue weighted by atomic mass is 16.6. The molecule has 0 spiro atoms. The van der Waals surface area contributed by atoms with E-state index in [2.05, 4.69) is 5.32 Å². The number of carbonyl (C=O) groups excluding carboxylic acids is 4. The maximum absolute atomic E-state index is 12.6. The second kappa shape index (κ2) is 9.15. The molecule has 164 valence electrons. The number of methoxy groups -OCH3 is 1. The van der Waals surface area contributed by atoms with Gasteiger partial charge in [-0.05, 0) is 57.9 Å². The van der Waals surface area contributed by atoms with Gasteiger partial charge in [-0.2, -0.15) is 0 Å². The molecule has 2 rings (SSSR count). The summed E-state index contributed by atoms with van der Waals surface area (Å²) in [5.74, 6) is -1.95. The summed E-state index contributed by atoms with van der Waals surface area (Å²) >= 11 is 0. The summed E-state index contributed by atoms with van der Waals surface area (Å²) in [4.78, 5) is 49.9. The van der Waals surface area contributed by atoms with Crippen molar-refractivity contribution in [1.82, 2.24) is 5.32 Å². The van der Waals surface area contributed by atoms with E-state index in [4.69, 9.17) is 14.2 Å². The molecule has 30 heavy (non-hydrogen) atoms. The number of hydrogen-bond donors (Lipinski definition) is 1. The third kappa shape index (κ3) is 5.71. The number of hydrogen-bond acceptors (Lipinski definition) is 7. The number of fused-ring (bicyclic) bond motifs is 1.